The van der Waals surface area contributed by atoms with Gasteiger partial charge in [0.2, 0.25) is 0 Å². The molecule has 0 heterocycles. The maximum absolute atomic E-state index is 11.9. The molecule has 0 radical (unpaired) electrons. The van der Waals surface area contributed by atoms with E-state index in [9.17, 15) is 14.9 Å². The molecule has 0 aliphatic heterocycles. The maximum atomic E-state index is 11.9. The molecular formula is C12H13ClN2O3. The number of hydrogen-bond acceptors (Lipinski definition) is 3. The zero-order chi connectivity index (χ0) is 13.3. The highest BCUT2D eigenvalue weighted by atomic mass is 35.5. The summed E-state index contributed by atoms with van der Waals surface area (Å²) in [5, 5.41) is 13.4. The van der Waals surface area contributed by atoms with E-state index in [1.54, 1.807) is 0 Å². The first-order valence-corrected chi connectivity index (χ1v) is 6.10. The van der Waals surface area contributed by atoms with E-state index in [2.05, 4.69) is 12.2 Å². The van der Waals surface area contributed by atoms with Gasteiger partial charge in [-0.05, 0) is 24.8 Å². The second-order valence-electron chi connectivity index (χ2n) is 4.64. The molecule has 0 bridgehead atoms. The van der Waals surface area contributed by atoms with Crippen LogP contribution in [0.15, 0.2) is 18.2 Å². The first kappa shape index (κ1) is 12.8. The lowest BCUT2D eigenvalue weighted by molar-refractivity contribution is -0.384. The van der Waals surface area contributed by atoms with Crippen LogP contribution < -0.4 is 5.32 Å². The Balaban J connectivity index is 2.15. The third kappa shape index (κ3) is 2.46. The summed E-state index contributed by atoms with van der Waals surface area (Å²) in [4.78, 5) is 22.1. The van der Waals surface area contributed by atoms with E-state index in [0.29, 0.717) is 5.92 Å². The van der Waals surface area contributed by atoms with Gasteiger partial charge in [-0.3, -0.25) is 14.9 Å². The Kier molecular flexibility index (Phi) is 3.52. The van der Waals surface area contributed by atoms with Crippen molar-refractivity contribution in [2.45, 2.75) is 25.8 Å². The summed E-state index contributed by atoms with van der Waals surface area (Å²) >= 11 is 5.87. The van der Waals surface area contributed by atoms with Gasteiger partial charge in [0.1, 0.15) is 5.02 Å². The highest BCUT2D eigenvalue weighted by Gasteiger charge is 2.28. The molecule has 96 valence electrons. The Bertz CT molecular complexity index is 498. The van der Waals surface area contributed by atoms with Crippen molar-refractivity contribution in [1.29, 1.82) is 0 Å². The number of carbonyl (C=O) groups excluding carboxylic acids is 1. The first-order chi connectivity index (χ1) is 8.49. The van der Waals surface area contributed by atoms with Crippen LogP contribution in [0.4, 0.5) is 5.69 Å². The Labute approximate surface area is 109 Å². The molecule has 1 aromatic carbocycles. The van der Waals surface area contributed by atoms with Crippen LogP contribution in [-0.4, -0.2) is 16.9 Å². The minimum Gasteiger partial charge on any atom is -0.349 e. The molecule has 1 N–H and O–H groups in total. The fraction of sp³-hybridized carbons (Fsp3) is 0.417. The number of nitro groups is 1. The number of nitrogens with zero attached hydrogens (tertiary/aromatic N) is 1. The van der Waals surface area contributed by atoms with E-state index < -0.39 is 4.92 Å². The molecule has 18 heavy (non-hydrogen) atoms. The zero-order valence-electron chi connectivity index (χ0n) is 9.85. The maximum Gasteiger partial charge on any atom is 0.288 e. The van der Waals surface area contributed by atoms with Crippen LogP contribution in [0.1, 0.15) is 30.1 Å². The second kappa shape index (κ2) is 4.94. The van der Waals surface area contributed by atoms with Gasteiger partial charge in [-0.15, -0.1) is 0 Å². The third-order valence-corrected chi connectivity index (χ3v) is 3.53. The molecule has 1 aliphatic carbocycles. The van der Waals surface area contributed by atoms with Gasteiger partial charge in [0.15, 0.2) is 0 Å². The molecule has 0 aromatic heterocycles. The zero-order valence-corrected chi connectivity index (χ0v) is 10.6. The fourth-order valence-electron chi connectivity index (χ4n) is 2.12. The van der Waals surface area contributed by atoms with Crippen LogP contribution in [0.25, 0.3) is 0 Å². The van der Waals surface area contributed by atoms with Gasteiger partial charge < -0.3 is 5.32 Å². The standard InChI is InChI=1S/C12H13ClN2O3/c1-7-5-8(6-7)14-12(16)9-3-2-4-10(11(9)13)15(17)18/h2-4,7-8H,5-6H2,1H3,(H,14,16). The number of benzene rings is 1. The first-order valence-electron chi connectivity index (χ1n) is 5.72. The summed E-state index contributed by atoms with van der Waals surface area (Å²) in [6, 6.07) is 4.39. The van der Waals surface area contributed by atoms with Crippen LogP contribution in [0.5, 0.6) is 0 Å². The van der Waals surface area contributed by atoms with Crippen LogP contribution in [-0.2, 0) is 0 Å². The largest absolute Gasteiger partial charge is 0.349 e. The van der Waals surface area contributed by atoms with Crippen LogP contribution in [0.2, 0.25) is 5.02 Å². The van der Waals surface area contributed by atoms with E-state index in [1.807, 2.05) is 0 Å². The van der Waals surface area contributed by atoms with Crippen molar-refractivity contribution < 1.29 is 9.72 Å². The summed E-state index contributed by atoms with van der Waals surface area (Å²) in [7, 11) is 0. The van der Waals surface area contributed by atoms with Crippen molar-refractivity contribution in [3.05, 3.63) is 38.9 Å². The molecule has 0 spiro atoms. The minimum absolute atomic E-state index is 0.104. The number of halogens is 1. The van der Waals surface area contributed by atoms with Crippen molar-refractivity contribution in [2.24, 2.45) is 5.92 Å². The van der Waals surface area contributed by atoms with Gasteiger partial charge in [0.25, 0.3) is 11.6 Å². The van der Waals surface area contributed by atoms with Crippen molar-refractivity contribution >= 4 is 23.2 Å². The van der Waals surface area contributed by atoms with E-state index in [4.69, 9.17) is 11.6 Å². The topological polar surface area (TPSA) is 72.2 Å². The average molecular weight is 269 g/mol. The van der Waals surface area contributed by atoms with Gasteiger partial charge in [-0.1, -0.05) is 24.6 Å². The van der Waals surface area contributed by atoms with Crippen LogP contribution >= 0.6 is 11.6 Å². The normalized spacial score (nSPS) is 22.1. The molecule has 0 atom stereocenters. The van der Waals surface area contributed by atoms with Gasteiger partial charge in [0.05, 0.1) is 10.5 Å². The Morgan fingerprint density at radius 1 is 1.50 bits per heavy atom. The third-order valence-electron chi connectivity index (χ3n) is 3.13. The van der Waals surface area contributed by atoms with E-state index >= 15 is 0 Å². The molecule has 1 fully saturated rings. The summed E-state index contributed by atoms with van der Waals surface area (Å²) in [5.41, 5.74) is -0.0864. The SMILES string of the molecule is CC1CC(NC(=O)c2cccc([N+](=O)[O-])c2Cl)C1. The van der Waals surface area contributed by atoms with Crippen LogP contribution in [0.3, 0.4) is 0 Å². The van der Waals surface area contributed by atoms with Crippen LogP contribution in [0, 0.1) is 16.0 Å². The Morgan fingerprint density at radius 2 is 2.17 bits per heavy atom. The molecule has 5 nitrogen and oxygen atoms in total. The molecule has 1 aliphatic rings. The summed E-state index contributed by atoms with van der Waals surface area (Å²) in [5.74, 6) is 0.275. The molecule has 1 aromatic rings. The summed E-state index contributed by atoms with van der Waals surface area (Å²) < 4.78 is 0. The van der Waals surface area contributed by atoms with Crippen molar-refractivity contribution in [3.8, 4) is 0 Å². The predicted octanol–water partition coefficient (Wildman–Crippen LogP) is 2.78. The smallest absolute Gasteiger partial charge is 0.288 e. The monoisotopic (exact) mass is 268 g/mol. The summed E-state index contributed by atoms with van der Waals surface area (Å²) in [6.07, 6.45) is 1.89. The second-order valence-corrected chi connectivity index (χ2v) is 5.02. The fourth-order valence-corrected chi connectivity index (χ4v) is 2.40. The number of rotatable bonds is 3. The Morgan fingerprint density at radius 3 is 2.72 bits per heavy atom. The number of hydrogen-bond donors (Lipinski definition) is 1. The van der Waals surface area contributed by atoms with E-state index in [0.717, 1.165) is 12.8 Å². The molecule has 0 saturated heterocycles. The number of carbonyl (C=O) groups is 1. The van der Waals surface area contributed by atoms with Crippen molar-refractivity contribution in [3.63, 3.8) is 0 Å². The molecule has 1 amide bonds. The molecule has 6 heteroatoms. The number of nitro benzene ring substituents is 1. The summed E-state index contributed by atoms with van der Waals surface area (Å²) in [6.45, 7) is 2.11. The van der Waals surface area contributed by atoms with E-state index in [1.165, 1.54) is 18.2 Å². The van der Waals surface area contributed by atoms with Crippen molar-refractivity contribution in [2.75, 3.05) is 0 Å². The quantitative estimate of drug-likeness (QED) is 0.677. The van der Waals surface area contributed by atoms with Gasteiger partial charge in [-0.2, -0.15) is 0 Å². The van der Waals surface area contributed by atoms with Gasteiger partial charge in [-0.25, -0.2) is 0 Å². The lowest BCUT2D eigenvalue weighted by atomic mass is 9.82. The number of amides is 1. The Hall–Kier alpha value is -1.62. The van der Waals surface area contributed by atoms with Crippen molar-refractivity contribution in [1.82, 2.24) is 5.32 Å². The molecular weight excluding hydrogens is 256 g/mol. The lowest BCUT2D eigenvalue weighted by Crippen LogP contribution is -2.43. The predicted molar refractivity (Wildman–Crippen MR) is 67.8 cm³/mol. The molecule has 2 rings (SSSR count). The average Bonchev–Trinajstić information content (AvgIpc) is 2.26. The van der Waals surface area contributed by atoms with E-state index in [-0.39, 0.29) is 28.2 Å². The minimum atomic E-state index is -0.593. The van der Waals surface area contributed by atoms with Gasteiger partial charge in [0, 0.05) is 12.1 Å². The molecule has 1 saturated carbocycles. The lowest BCUT2D eigenvalue weighted by Gasteiger charge is -2.33. The highest BCUT2D eigenvalue weighted by Crippen LogP contribution is 2.30. The van der Waals surface area contributed by atoms with Gasteiger partial charge >= 0.3 is 0 Å². The highest BCUT2D eigenvalue weighted by molar-refractivity contribution is 6.35. The molecule has 0 unspecified atom stereocenters. The number of nitrogens with one attached hydrogen (secondary N) is 1.